The Balaban J connectivity index is 2.73. The first kappa shape index (κ1) is 15.0. The van der Waals surface area contributed by atoms with Gasteiger partial charge in [-0.05, 0) is 18.6 Å². The molecule has 3 nitrogen and oxygen atoms in total. The summed E-state index contributed by atoms with van der Waals surface area (Å²) in [6, 6.07) is 2.64. The third-order valence-electron chi connectivity index (χ3n) is 2.34. The molecule has 0 bridgehead atoms. The highest BCUT2D eigenvalue weighted by Crippen LogP contribution is 2.10. The molecule has 1 aromatic carbocycles. The summed E-state index contributed by atoms with van der Waals surface area (Å²) in [6.45, 7) is 0.333. The molecule has 0 aliphatic heterocycles. The molecule has 1 aromatic rings. The van der Waals surface area contributed by atoms with Gasteiger partial charge in [-0.3, -0.25) is 4.79 Å². The lowest BCUT2D eigenvalue weighted by atomic mass is 10.1. The number of nitrogens with one attached hydrogen (secondary N) is 1. The van der Waals surface area contributed by atoms with Crippen LogP contribution in [0.3, 0.4) is 0 Å². The normalized spacial score (nSPS) is 12.2. The van der Waals surface area contributed by atoms with Gasteiger partial charge in [0, 0.05) is 18.5 Å². The molecular formula is C12H14BrF2NO2. The minimum atomic E-state index is -0.873. The quantitative estimate of drug-likeness (QED) is 0.817. The van der Waals surface area contributed by atoms with Gasteiger partial charge in [0.05, 0.1) is 18.2 Å². The first-order valence-electron chi connectivity index (χ1n) is 5.39. The Hall–Kier alpha value is -1.01. The van der Waals surface area contributed by atoms with Crippen LogP contribution in [-0.2, 0) is 4.74 Å². The number of halogens is 3. The molecule has 0 aromatic heterocycles. The van der Waals surface area contributed by atoms with Crippen LogP contribution >= 0.6 is 15.9 Å². The summed E-state index contributed by atoms with van der Waals surface area (Å²) in [5, 5.41) is 3.33. The first-order chi connectivity index (χ1) is 8.58. The van der Waals surface area contributed by atoms with Gasteiger partial charge in [-0.25, -0.2) is 8.78 Å². The molecule has 18 heavy (non-hydrogen) atoms. The Morgan fingerprint density at radius 3 is 2.78 bits per heavy atom. The minimum Gasteiger partial charge on any atom is -0.383 e. The van der Waals surface area contributed by atoms with Gasteiger partial charge >= 0.3 is 0 Å². The van der Waals surface area contributed by atoms with E-state index in [2.05, 4.69) is 21.2 Å². The fourth-order valence-electron chi connectivity index (χ4n) is 1.47. The van der Waals surface area contributed by atoms with Gasteiger partial charge in [-0.15, -0.1) is 0 Å². The number of rotatable bonds is 6. The van der Waals surface area contributed by atoms with Crippen LogP contribution < -0.4 is 5.32 Å². The molecule has 100 valence electrons. The Labute approximate surface area is 113 Å². The van der Waals surface area contributed by atoms with E-state index in [1.807, 2.05) is 0 Å². The van der Waals surface area contributed by atoms with E-state index >= 15 is 0 Å². The molecule has 1 N–H and O–H groups in total. The molecule has 0 fully saturated rings. The van der Waals surface area contributed by atoms with E-state index in [4.69, 9.17) is 4.74 Å². The van der Waals surface area contributed by atoms with Gasteiger partial charge < -0.3 is 10.1 Å². The molecule has 0 radical (unpaired) electrons. The zero-order valence-corrected chi connectivity index (χ0v) is 11.5. The van der Waals surface area contributed by atoms with E-state index in [1.165, 1.54) is 7.11 Å². The Kier molecular flexibility index (Phi) is 6.21. The number of hydrogen-bond donors (Lipinski definition) is 1. The third-order valence-corrected chi connectivity index (χ3v) is 2.79. The summed E-state index contributed by atoms with van der Waals surface area (Å²) in [6.07, 6.45) is 0.655. The highest BCUT2D eigenvalue weighted by molar-refractivity contribution is 9.09. The molecule has 1 unspecified atom stereocenters. The van der Waals surface area contributed by atoms with E-state index < -0.39 is 17.5 Å². The molecule has 1 amide bonds. The van der Waals surface area contributed by atoms with Gasteiger partial charge in [0.2, 0.25) is 0 Å². The van der Waals surface area contributed by atoms with Crippen molar-refractivity contribution in [1.29, 1.82) is 0 Å². The molecule has 1 rings (SSSR count). The average Bonchev–Trinajstić information content (AvgIpc) is 2.29. The summed E-state index contributed by atoms with van der Waals surface area (Å²) in [4.78, 5) is 11.8. The summed E-state index contributed by atoms with van der Waals surface area (Å²) in [5.41, 5.74) is -0.174. The van der Waals surface area contributed by atoms with Crippen molar-refractivity contribution in [3.05, 3.63) is 35.4 Å². The molecule has 0 spiro atoms. The molecular weight excluding hydrogens is 308 g/mol. The van der Waals surface area contributed by atoms with Crippen LogP contribution in [0, 0.1) is 11.6 Å². The monoisotopic (exact) mass is 321 g/mol. The van der Waals surface area contributed by atoms with Crippen molar-refractivity contribution in [2.75, 3.05) is 19.0 Å². The number of benzene rings is 1. The molecule has 0 saturated carbocycles. The molecule has 0 aliphatic rings. The van der Waals surface area contributed by atoms with Crippen LogP contribution in [0.4, 0.5) is 8.78 Å². The van der Waals surface area contributed by atoms with Crippen molar-refractivity contribution in [2.24, 2.45) is 0 Å². The van der Waals surface area contributed by atoms with Crippen molar-refractivity contribution in [3.63, 3.8) is 0 Å². The van der Waals surface area contributed by atoms with E-state index in [9.17, 15) is 13.6 Å². The zero-order chi connectivity index (χ0) is 13.5. The van der Waals surface area contributed by atoms with Crippen LogP contribution in [-0.4, -0.2) is 31.0 Å². The van der Waals surface area contributed by atoms with E-state index in [-0.39, 0.29) is 11.6 Å². The standard InChI is InChI=1S/C12H14BrF2NO2/c1-18-7-9(4-5-13)16-12(17)10-3-2-8(14)6-11(10)15/h2-3,6,9H,4-5,7H2,1H3,(H,16,17). The SMILES string of the molecule is COCC(CCBr)NC(=O)c1ccc(F)cc1F. The van der Waals surface area contributed by atoms with Crippen LogP contribution in [0.5, 0.6) is 0 Å². The topological polar surface area (TPSA) is 38.3 Å². The molecule has 0 saturated heterocycles. The predicted octanol–water partition coefficient (Wildman–Crippen LogP) is 2.49. The summed E-state index contributed by atoms with van der Waals surface area (Å²) >= 11 is 3.26. The van der Waals surface area contributed by atoms with Gasteiger partial charge in [-0.1, -0.05) is 15.9 Å². The van der Waals surface area contributed by atoms with Gasteiger partial charge in [-0.2, -0.15) is 0 Å². The van der Waals surface area contributed by atoms with Crippen molar-refractivity contribution in [2.45, 2.75) is 12.5 Å². The molecule has 0 aliphatic carbocycles. The first-order valence-corrected chi connectivity index (χ1v) is 6.51. The fraction of sp³-hybridized carbons (Fsp3) is 0.417. The van der Waals surface area contributed by atoms with E-state index in [0.29, 0.717) is 24.4 Å². The zero-order valence-electron chi connectivity index (χ0n) is 9.88. The maximum absolute atomic E-state index is 13.4. The maximum atomic E-state index is 13.4. The predicted molar refractivity (Wildman–Crippen MR) is 67.9 cm³/mol. The number of ether oxygens (including phenoxy) is 1. The van der Waals surface area contributed by atoms with Crippen molar-refractivity contribution >= 4 is 21.8 Å². The van der Waals surface area contributed by atoms with Gasteiger partial charge in [0.15, 0.2) is 0 Å². The second kappa shape index (κ2) is 7.43. The van der Waals surface area contributed by atoms with Gasteiger partial charge in [0.1, 0.15) is 11.6 Å². The Morgan fingerprint density at radius 1 is 1.50 bits per heavy atom. The summed E-state index contributed by atoms with van der Waals surface area (Å²) < 4.78 is 31.1. The van der Waals surface area contributed by atoms with Gasteiger partial charge in [0.25, 0.3) is 5.91 Å². The van der Waals surface area contributed by atoms with Crippen LogP contribution in [0.15, 0.2) is 18.2 Å². The van der Waals surface area contributed by atoms with Crippen molar-refractivity contribution < 1.29 is 18.3 Å². The number of methoxy groups -OCH3 is 1. The third kappa shape index (κ3) is 4.34. The van der Waals surface area contributed by atoms with Crippen molar-refractivity contribution in [1.82, 2.24) is 5.32 Å². The second-order valence-electron chi connectivity index (χ2n) is 3.73. The van der Waals surface area contributed by atoms with Crippen LogP contribution in [0.2, 0.25) is 0 Å². The van der Waals surface area contributed by atoms with Crippen LogP contribution in [0.1, 0.15) is 16.8 Å². The highest BCUT2D eigenvalue weighted by Gasteiger charge is 2.16. The fourth-order valence-corrected chi connectivity index (χ4v) is 2.02. The number of carbonyl (C=O) groups is 1. The summed E-state index contributed by atoms with van der Waals surface area (Å²) in [7, 11) is 1.52. The number of alkyl halides is 1. The van der Waals surface area contributed by atoms with Crippen molar-refractivity contribution in [3.8, 4) is 0 Å². The van der Waals surface area contributed by atoms with E-state index in [0.717, 1.165) is 12.1 Å². The average molecular weight is 322 g/mol. The Morgan fingerprint density at radius 2 is 2.22 bits per heavy atom. The maximum Gasteiger partial charge on any atom is 0.254 e. The molecule has 1 atom stereocenters. The number of hydrogen-bond acceptors (Lipinski definition) is 2. The van der Waals surface area contributed by atoms with Crippen LogP contribution in [0.25, 0.3) is 0 Å². The lowest BCUT2D eigenvalue weighted by molar-refractivity contribution is 0.0891. The smallest absolute Gasteiger partial charge is 0.254 e. The van der Waals surface area contributed by atoms with E-state index in [1.54, 1.807) is 0 Å². The lowest BCUT2D eigenvalue weighted by Gasteiger charge is -2.17. The summed E-state index contributed by atoms with van der Waals surface area (Å²) in [5.74, 6) is -2.16. The lowest BCUT2D eigenvalue weighted by Crippen LogP contribution is -2.38. The highest BCUT2D eigenvalue weighted by atomic mass is 79.9. The largest absolute Gasteiger partial charge is 0.383 e. The number of carbonyl (C=O) groups excluding carboxylic acids is 1. The Bertz CT molecular complexity index is 409. The number of amides is 1. The minimum absolute atomic E-state index is 0.174. The second-order valence-corrected chi connectivity index (χ2v) is 4.52. The molecule has 6 heteroatoms. The molecule has 0 heterocycles.